The van der Waals surface area contributed by atoms with Gasteiger partial charge >= 0.3 is 23.9 Å². The van der Waals surface area contributed by atoms with Gasteiger partial charge in [0.15, 0.2) is 17.6 Å². The van der Waals surface area contributed by atoms with Crippen LogP contribution in [-0.4, -0.2) is 74.1 Å². The molecule has 6 atom stereocenters. The number of ether oxygens (including phenoxy) is 8. The zero-order valence-electron chi connectivity index (χ0n) is 24.5. The maximum absolute atomic E-state index is 13.7. The van der Waals surface area contributed by atoms with Gasteiger partial charge < -0.3 is 43.0 Å². The number of rotatable bonds is 5. The molecular weight excluding hydrogens is 580 g/mol. The molecule has 13 heteroatoms. The summed E-state index contributed by atoms with van der Waals surface area (Å²) in [5.74, 6) is -6.88. The number of aliphatic hydroxyl groups is 1. The maximum Gasteiger partial charge on any atom is 0.367 e. The topological polar surface area (TPSA) is 162 Å². The van der Waals surface area contributed by atoms with Crippen LogP contribution < -0.4 is 14.2 Å². The average Bonchev–Trinajstić information content (AvgIpc) is 3.65. The highest BCUT2D eigenvalue weighted by Crippen LogP contribution is 2.67. The van der Waals surface area contributed by atoms with Crippen molar-refractivity contribution < 1.29 is 62.2 Å². The van der Waals surface area contributed by atoms with Crippen molar-refractivity contribution in [2.75, 3.05) is 27.6 Å². The minimum atomic E-state index is -2.87. The second-order valence-electron chi connectivity index (χ2n) is 11.1. The average molecular weight is 611 g/mol. The molecule has 0 unspecified atom stereocenters. The van der Waals surface area contributed by atoms with Crippen LogP contribution in [0, 0.1) is 5.92 Å². The SMILES string of the molecule is COC(=O)C=C1[C@H](OC(=O)c2ccccc2)[C@@]2(C)O[C@](O)(C(=O)OC)[C@@]13COc1c4c(cc(c13)[C@H](OC(C)=O)[C@@H]2C)OCO4. The van der Waals surface area contributed by atoms with Crippen LogP contribution in [-0.2, 0) is 43.5 Å². The summed E-state index contributed by atoms with van der Waals surface area (Å²) in [6, 6.07) is 9.67. The normalized spacial score (nSPS) is 31.7. The van der Waals surface area contributed by atoms with E-state index in [-0.39, 0.29) is 40.7 Å². The lowest BCUT2D eigenvalue weighted by Gasteiger charge is -2.59. The van der Waals surface area contributed by atoms with Crippen molar-refractivity contribution in [3.63, 3.8) is 0 Å². The molecule has 1 saturated heterocycles. The monoisotopic (exact) mass is 610 g/mol. The summed E-state index contributed by atoms with van der Waals surface area (Å²) in [7, 11) is 2.21. The first kappa shape index (κ1) is 29.5. The molecule has 4 heterocycles. The Kier molecular flexibility index (Phi) is 6.85. The van der Waals surface area contributed by atoms with Gasteiger partial charge in [0.1, 0.15) is 23.7 Å². The number of fused-ring (bicyclic) bond motifs is 5. The van der Waals surface area contributed by atoms with Gasteiger partial charge in [-0.15, -0.1) is 0 Å². The Hall–Kier alpha value is -4.62. The smallest absolute Gasteiger partial charge is 0.367 e. The van der Waals surface area contributed by atoms with E-state index in [0.717, 1.165) is 20.3 Å². The highest BCUT2D eigenvalue weighted by atomic mass is 16.7. The summed E-state index contributed by atoms with van der Waals surface area (Å²) in [6.45, 7) is 3.67. The van der Waals surface area contributed by atoms with Crippen LogP contribution in [0.2, 0.25) is 0 Å². The van der Waals surface area contributed by atoms with Gasteiger partial charge in [-0.1, -0.05) is 25.1 Å². The maximum atomic E-state index is 13.7. The van der Waals surface area contributed by atoms with Crippen LogP contribution in [0.15, 0.2) is 48.0 Å². The molecule has 1 spiro atoms. The second-order valence-corrected chi connectivity index (χ2v) is 11.1. The zero-order valence-corrected chi connectivity index (χ0v) is 24.5. The van der Waals surface area contributed by atoms with Crippen LogP contribution in [0.25, 0.3) is 0 Å². The molecule has 2 aromatic rings. The lowest BCUT2D eigenvalue weighted by atomic mass is 9.56. The summed E-state index contributed by atoms with van der Waals surface area (Å²) < 4.78 is 46.0. The third-order valence-corrected chi connectivity index (χ3v) is 8.88. The largest absolute Gasteiger partial charge is 0.488 e. The van der Waals surface area contributed by atoms with E-state index >= 15 is 0 Å². The number of benzene rings is 2. The molecule has 2 bridgehead atoms. The van der Waals surface area contributed by atoms with Gasteiger partial charge in [-0.25, -0.2) is 14.4 Å². The van der Waals surface area contributed by atoms with E-state index in [1.165, 1.54) is 26.0 Å². The summed E-state index contributed by atoms with van der Waals surface area (Å²) in [6.07, 6.45) is -1.54. The number of hydrogen-bond donors (Lipinski definition) is 1. The van der Waals surface area contributed by atoms with Crippen molar-refractivity contribution in [1.29, 1.82) is 0 Å². The van der Waals surface area contributed by atoms with Gasteiger partial charge in [-0.2, -0.15) is 0 Å². The molecule has 2 aromatic carbocycles. The fourth-order valence-electron chi connectivity index (χ4n) is 6.68. The number of carbonyl (C=O) groups excluding carboxylic acids is 4. The van der Waals surface area contributed by atoms with Crippen molar-refractivity contribution in [3.8, 4) is 17.2 Å². The predicted octanol–water partition coefficient (Wildman–Crippen LogP) is 2.27. The molecule has 7 rings (SSSR count). The first-order valence-corrected chi connectivity index (χ1v) is 13.8. The lowest BCUT2D eigenvalue weighted by molar-refractivity contribution is -0.337. The van der Waals surface area contributed by atoms with Gasteiger partial charge in [0, 0.05) is 35.6 Å². The molecule has 0 amide bonds. The predicted molar refractivity (Wildman–Crippen MR) is 146 cm³/mol. The molecule has 0 saturated carbocycles. The van der Waals surface area contributed by atoms with Crippen LogP contribution >= 0.6 is 0 Å². The van der Waals surface area contributed by atoms with Gasteiger partial charge in [-0.05, 0) is 25.1 Å². The Balaban J connectivity index is 1.73. The van der Waals surface area contributed by atoms with Crippen LogP contribution in [0.3, 0.4) is 0 Å². The van der Waals surface area contributed by atoms with Crippen LogP contribution in [0.1, 0.15) is 48.4 Å². The third-order valence-electron chi connectivity index (χ3n) is 8.88. The number of hydrogen-bond acceptors (Lipinski definition) is 13. The molecule has 1 N–H and O–H groups in total. The molecule has 44 heavy (non-hydrogen) atoms. The van der Waals surface area contributed by atoms with E-state index in [4.69, 9.17) is 37.9 Å². The Morgan fingerprint density at radius 2 is 1.73 bits per heavy atom. The quantitative estimate of drug-likeness (QED) is 0.298. The van der Waals surface area contributed by atoms with E-state index in [9.17, 15) is 24.3 Å². The number of methoxy groups -OCH3 is 2. The van der Waals surface area contributed by atoms with Gasteiger partial charge in [0.25, 0.3) is 5.79 Å². The van der Waals surface area contributed by atoms with Crippen LogP contribution in [0.4, 0.5) is 0 Å². The highest BCUT2D eigenvalue weighted by molar-refractivity contribution is 5.91. The molecule has 4 aliphatic heterocycles. The standard InChI is InChI=1S/C31H30O13/c1-15-23(42-16(2)32)18-11-20-24(41-14-40-20)25-22(18)30(13-39-25)19(12-21(33)37-4)26(43-27(34)17-9-7-6-8-10-17)29(15,3)44-31(30,36)28(35)38-5/h6-12,15,23,26,36H,13-14H2,1-5H3/t15-,23+,26-,29-,30-,31+/m0/s1. The van der Waals surface area contributed by atoms with Crippen molar-refractivity contribution >= 4 is 23.9 Å². The Morgan fingerprint density at radius 1 is 1.00 bits per heavy atom. The van der Waals surface area contributed by atoms with Crippen molar-refractivity contribution in [1.82, 2.24) is 0 Å². The molecule has 1 fully saturated rings. The minimum absolute atomic E-state index is 0.0553. The highest BCUT2D eigenvalue weighted by Gasteiger charge is 2.77. The minimum Gasteiger partial charge on any atom is -0.488 e. The third kappa shape index (κ3) is 3.92. The fraction of sp³-hybridized carbons (Fsp3) is 0.419. The number of carbonyl (C=O) groups is 4. The molecule has 232 valence electrons. The zero-order chi connectivity index (χ0) is 31.6. The van der Waals surface area contributed by atoms with Crippen LogP contribution in [0.5, 0.6) is 17.2 Å². The first-order chi connectivity index (χ1) is 20.9. The van der Waals surface area contributed by atoms with Crippen molar-refractivity contribution in [2.45, 2.75) is 49.8 Å². The van der Waals surface area contributed by atoms with Gasteiger partial charge in [-0.3, -0.25) is 4.79 Å². The van der Waals surface area contributed by atoms with E-state index in [1.54, 1.807) is 31.2 Å². The van der Waals surface area contributed by atoms with E-state index < -0.39 is 65.4 Å². The van der Waals surface area contributed by atoms with Crippen molar-refractivity contribution in [2.24, 2.45) is 5.92 Å². The van der Waals surface area contributed by atoms with E-state index in [1.807, 2.05) is 0 Å². The van der Waals surface area contributed by atoms with E-state index in [2.05, 4.69) is 0 Å². The molecule has 13 nitrogen and oxygen atoms in total. The lowest BCUT2D eigenvalue weighted by Crippen LogP contribution is -2.75. The Morgan fingerprint density at radius 3 is 2.39 bits per heavy atom. The molecule has 0 radical (unpaired) electrons. The molecule has 1 aliphatic carbocycles. The first-order valence-electron chi connectivity index (χ1n) is 13.8. The van der Waals surface area contributed by atoms with E-state index in [0.29, 0.717) is 5.56 Å². The van der Waals surface area contributed by atoms with Gasteiger partial charge in [0.05, 0.1) is 19.8 Å². The molecule has 5 aliphatic rings. The van der Waals surface area contributed by atoms with Crippen molar-refractivity contribution in [3.05, 3.63) is 64.7 Å². The summed E-state index contributed by atoms with van der Waals surface area (Å²) in [5.41, 5.74) is -3.45. The summed E-state index contributed by atoms with van der Waals surface area (Å²) in [4.78, 5) is 52.9. The number of esters is 4. The summed E-state index contributed by atoms with van der Waals surface area (Å²) in [5, 5.41) is 12.5. The molecule has 0 aromatic heterocycles. The van der Waals surface area contributed by atoms with Gasteiger partial charge in [0.2, 0.25) is 12.5 Å². The second kappa shape index (κ2) is 10.2. The summed E-state index contributed by atoms with van der Waals surface area (Å²) >= 11 is 0. The Labute approximate surface area is 251 Å². The fourth-order valence-corrected chi connectivity index (χ4v) is 6.68. The Bertz CT molecular complexity index is 1600. The molecular formula is C31H30O13.